The molecule has 1 fully saturated rings. The van der Waals surface area contributed by atoms with Crippen LogP contribution in [0.25, 0.3) is 0 Å². The second-order valence-electron chi connectivity index (χ2n) is 12.0. The average molecular weight is 678 g/mol. The number of benzene rings is 3. The fraction of sp³-hybridized carbons (Fsp3) is 0.343. The molecule has 13 heteroatoms. The molecule has 0 unspecified atom stereocenters. The Morgan fingerprint density at radius 2 is 1.67 bits per heavy atom. The van der Waals surface area contributed by atoms with Crippen molar-refractivity contribution in [3.8, 4) is 5.75 Å². The van der Waals surface area contributed by atoms with Crippen LogP contribution in [0.2, 0.25) is 5.02 Å². The fourth-order valence-corrected chi connectivity index (χ4v) is 5.60. The molecule has 3 aliphatic rings. The Kier molecular flexibility index (Phi) is 10.9. The van der Waals surface area contributed by atoms with E-state index in [0.717, 1.165) is 5.56 Å². The van der Waals surface area contributed by atoms with E-state index in [1.54, 1.807) is 24.3 Å². The zero-order valence-electron chi connectivity index (χ0n) is 26.3. The Balaban J connectivity index is 1.38. The van der Waals surface area contributed by atoms with Crippen LogP contribution in [0.1, 0.15) is 36.5 Å². The van der Waals surface area contributed by atoms with Gasteiger partial charge in [0.25, 0.3) is 0 Å². The van der Waals surface area contributed by atoms with Gasteiger partial charge < -0.3 is 31.3 Å². The lowest BCUT2D eigenvalue weighted by atomic mass is 10.0. The predicted molar refractivity (Wildman–Crippen MR) is 175 cm³/mol. The zero-order valence-corrected chi connectivity index (χ0v) is 27.1. The van der Waals surface area contributed by atoms with E-state index in [0.29, 0.717) is 24.2 Å². The lowest BCUT2D eigenvalue weighted by molar-refractivity contribution is -0.134. The van der Waals surface area contributed by atoms with E-state index in [1.807, 2.05) is 30.3 Å². The Morgan fingerprint density at radius 1 is 0.938 bits per heavy atom. The molecule has 2 aliphatic heterocycles. The number of fused-ring (bicyclic) bond motifs is 15. The summed E-state index contributed by atoms with van der Waals surface area (Å²) >= 11 is 6.12. The second-order valence-corrected chi connectivity index (χ2v) is 12.4. The standard InChI is InChI=1S/C35H37ClFN5O6/c1-21-31(44)41-29(18-22-6-3-2-4-7-22)33(46)42-35(14-15-35)34(47)38-16-17-48-24-12-10-23(11-13-24)19-28(32(45)39-21)40-30(43)20-25-26(36)8-5-9-27(25)37/h2-13,21,28-29H,14-20H2,1H3,(H,38,47)(H,39,45)(H,40,43)(H,41,44)(H,42,46)/t21-,28-,29+/m0/s1. The number of halogens is 2. The first kappa shape index (κ1) is 34.4. The number of rotatable bonds is 5. The molecular formula is C35H37ClFN5O6. The molecule has 3 aromatic rings. The van der Waals surface area contributed by atoms with Crippen LogP contribution in [-0.2, 0) is 43.2 Å². The molecule has 0 radical (unpaired) electrons. The number of amides is 5. The summed E-state index contributed by atoms with van der Waals surface area (Å²) in [5, 5.41) is 13.7. The quantitative estimate of drug-likeness (QED) is 0.261. The van der Waals surface area contributed by atoms with Gasteiger partial charge in [-0.25, -0.2) is 4.39 Å². The molecule has 6 rings (SSSR count). The molecule has 0 aromatic heterocycles. The van der Waals surface area contributed by atoms with E-state index in [1.165, 1.54) is 25.1 Å². The third-order valence-corrected chi connectivity index (χ3v) is 8.64. The molecule has 0 saturated heterocycles. The summed E-state index contributed by atoms with van der Waals surface area (Å²) in [6.07, 6.45) is 0.654. The maximum atomic E-state index is 14.4. The van der Waals surface area contributed by atoms with Gasteiger partial charge in [-0.05, 0) is 55.2 Å². The molecule has 3 atom stereocenters. The van der Waals surface area contributed by atoms with Crippen molar-refractivity contribution < 1.29 is 33.1 Å². The first-order valence-corrected chi connectivity index (χ1v) is 16.1. The van der Waals surface area contributed by atoms with E-state index in [4.69, 9.17) is 16.3 Å². The van der Waals surface area contributed by atoms with Crippen molar-refractivity contribution in [1.29, 1.82) is 0 Å². The minimum atomic E-state index is -1.15. The maximum Gasteiger partial charge on any atom is 0.245 e. The number of carbonyl (C=O) groups is 5. The summed E-state index contributed by atoms with van der Waals surface area (Å²) in [6.45, 7) is 1.82. The Hall–Kier alpha value is -4.97. The summed E-state index contributed by atoms with van der Waals surface area (Å²) in [7, 11) is 0. The van der Waals surface area contributed by atoms with Crippen molar-refractivity contribution in [1.82, 2.24) is 26.6 Å². The van der Waals surface area contributed by atoms with Gasteiger partial charge in [0, 0.05) is 23.4 Å². The molecule has 48 heavy (non-hydrogen) atoms. The zero-order chi connectivity index (χ0) is 34.3. The van der Waals surface area contributed by atoms with Gasteiger partial charge >= 0.3 is 0 Å². The third kappa shape index (κ3) is 8.88. The summed E-state index contributed by atoms with van der Waals surface area (Å²) < 4.78 is 20.2. The Morgan fingerprint density at radius 3 is 2.35 bits per heavy atom. The molecule has 5 N–H and O–H groups in total. The molecule has 11 nitrogen and oxygen atoms in total. The van der Waals surface area contributed by atoms with Crippen molar-refractivity contribution in [2.45, 2.75) is 62.7 Å². The van der Waals surface area contributed by atoms with Gasteiger partial charge in [-0.1, -0.05) is 60.1 Å². The summed E-state index contributed by atoms with van der Waals surface area (Å²) in [4.78, 5) is 66.7. The van der Waals surface area contributed by atoms with Gasteiger partial charge in [-0.3, -0.25) is 24.0 Å². The normalized spacial score (nSPS) is 21.6. The molecule has 2 heterocycles. The van der Waals surface area contributed by atoms with Crippen LogP contribution in [-0.4, -0.2) is 66.4 Å². The van der Waals surface area contributed by atoms with Crippen molar-refractivity contribution in [3.05, 3.63) is 100 Å². The first-order valence-electron chi connectivity index (χ1n) is 15.7. The fourth-order valence-electron chi connectivity index (χ4n) is 5.37. The van der Waals surface area contributed by atoms with E-state index in [2.05, 4.69) is 26.6 Å². The summed E-state index contributed by atoms with van der Waals surface area (Å²) in [5.74, 6) is -2.97. The number of hydrogen-bond acceptors (Lipinski definition) is 6. The number of nitrogens with one attached hydrogen (secondary N) is 5. The molecular weight excluding hydrogens is 641 g/mol. The topological polar surface area (TPSA) is 155 Å². The van der Waals surface area contributed by atoms with E-state index >= 15 is 0 Å². The van der Waals surface area contributed by atoms with Crippen LogP contribution in [0, 0.1) is 5.82 Å². The van der Waals surface area contributed by atoms with Gasteiger partial charge in [-0.2, -0.15) is 0 Å². The minimum absolute atomic E-state index is 0.00914. The molecule has 5 amide bonds. The van der Waals surface area contributed by atoms with E-state index < -0.39 is 59.5 Å². The molecule has 1 saturated carbocycles. The van der Waals surface area contributed by atoms with Gasteiger partial charge in [0.05, 0.1) is 13.0 Å². The van der Waals surface area contributed by atoms with Crippen molar-refractivity contribution >= 4 is 41.1 Å². The second kappa shape index (κ2) is 15.3. The highest BCUT2D eigenvalue weighted by molar-refractivity contribution is 6.31. The number of hydrogen-bond donors (Lipinski definition) is 5. The van der Waals surface area contributed by atoms with Crippen molar-refractivity contribution in [3.63, 3.8) is 0 Å². The maximum absolute atomic E-state index is 14.4. The van der Waals surface area contributed by atoms with Gasteiger partial charge in [-0.15, -0.1) is 0 Å². The summed E-state index contributed by atoms with van der Waals surface area (Å²) in [6, 6.07) is 16.7. The molecule has 252 valence electrons. The van der Waals surface area contributed by atoms with E-state index in [-0.39, 0.29) is 42.5 Å². The largest absolute Gasteiger partial charge is 0.492 e. The monoisotopic (exact) mass is 677 g/mol. The minimum Gasteiger partial charge on any atom is -0.492 e. The third-order valence-electron chi connectivity index (χ3n) is 8.29. The van der Waals surface area contributed by atoms with Crippen LogP contribution in [0.3, 0.4) is 0 Å². The lowest BCUT2D eigenvalue weighted by Gasteiger charge is -2.25. The highest BCUT2D eigenvalue weighted by atomic mass is 35.5. The SMILES string of the molecule is C[C@@H]1NC(=O)[C@@H](NC(=O)Cc2c(F)cccc2Cl)Cc2ccc(cc2)OCCNC(=O)C2(CC2)NC(=O)[C@@H](Cc2ccccc2)NC1=O. The highest BCUT2D eigenvalue weighted by Crippen LogP contribution is 2.35. The van der Waals surface area contributed by atoms with Crippen molar-refractivity contribution in [2.75, 3.05) is 13.2 Å². The van der Waals surface area contributed by atoms with Crippen LogP contribution >= 0.6 is 11.6 Å². The number of carbonyl (C=O) groups excluding carboxylic acids is 5. The molecule has 2 bridgehead atoms. The van der Waals surface area contributed by atoms with Crippen LogP contribution in [0.5, 0.6) is 5.75 Å². The highest BCUT2D eigenvalue weighted by Gasteiger charge is 2.51. The van der Waals surface area contributed by atoms with E-state index in [9.17, 15) is 28.4 Å². The molecule has 1 spiro atoms. The van der Waals surface area contributed by atoms with Crippen LogP contribution < -0.4 is 31.3 Å². The van der Waals surface area contributed by atoms with Gasteiger partial charge in [0.15, 0.2) is 0 Å². The smallest absolute Gasteiger partial charge is 0.245 e. The lowest BCUT2D eigenvalue weighted by Crippen LogP contribution is -2.59. The van der Waals surface area contributed by atoms with Crippen LogP contribution in [0.15, 0.2) is 72.8 Å². The molecule has 3 aromatic carbocycles. The first-order chi connectivity index (χ1) is 23.0. The van der Waals surface area contributed by atoms with Crippen molar-refractivity contribution in [2.24, 2.45) is 0 Å². The summed E-state index contributed by atoms with van der Waals surface area (Å²) in [5.41, 5.74) is 0.350. The predicted octanol–water partition coefficient (Wildman–Crippen LogP) is 2.14. The molecule has 1 aliphatic carbocycles. The number of ether oxygens (including phenoxy) is 1. The van der Waals surface area contributed by atoms with Gasteiger partial charge in [0.1, 0.15) is 41.8 Å². The van der Waals surface area contributed by atoms with Crippen LogP contribution in [0.4, 0.5) is 4.39 Å². The Bertz CT molecular complexity index is 1650. The average Bonchev–Trinajstić information content (AvgIpc) is 3.85. The van der Waals surface area contributed by atoms with Gasteiger partial charge in [0.2, 0.25) is 29.5 Å². The Labute approximate surface area is 282 Å².